The molecule has 0 aromatic heterocycles. The van der Waals surface area contributed by atoms with E-state index in [9.17, 15) is 14.4 Å². The predicted molar refractivity (Wildman–Crippen MR) is 95.5 cm³/mol. The summed E-state index contributed by atoms with van der Waals surface area (Å²) in [5.41, 5.74) is 1.43. The second-order valence-corrected chi connectivity index (χ2v) is 5.75. The van der Waals surface area contributed by atoms with Crippen LogP contribution >= 0.6 is 0 Å². The minimum atomic E-state index is -0.821. The number of benzene rings is 1. The van der Waals surface area contributed by atoms with Gasteiger partial charge in [-0.3, -0.25) is 0 Å². The third kappa shape index (κ3) is 4.14. The number of urea groups is 1. The van der Waals surface area contributed by atoms with Gasteiger partial charge in [-0.15, -0.1) is 0 Å². The molecule has 1 unspecified atom stereocenters. The number of nitrogens with zero attached hydrogens (tertiary/aromatic N) is 1. The molecule has 1 aromatic carbocycles. The molecule has 2 rings (SSSR count). The Morgan fingerprint density at radius 3 is 2.15 bits per heavy atom. The molecule has 8 heteroatoms. The lowest BCUT2D eigenvalue weighted by molar-refractivity contribution is -0.142. The molecule has 0 bridgehead atoms. The molecule has 0 aliphatic carbocycles. The smallest absolute Gasteiger partial charge is 0.355 e. The van der Waals surface area contributed by atoms with Gasteiger partial charge in [0.2, 0.25) is 0 Å². The van der Waals surface area contributed by atoms with Crippen LogP contribution in [0.5, 0.6) is 0 Å². The van der Waals surface area contributed by atoms with Gasteiger partial charge in [-0.2, -0.15) is 0 Å². The first-order chi connectivity index (χ1) is 12.4. The van der Waals surface area contributed by atoms with E-state index < -0.39 is 24.0 Å². The fraction of sp³-hybridized carbons (Fsp3) is 0.389. The number of hydrogen-bond donors (Lipinski definition) is 2. The summed E-state index contributed by atoms with van der Waals surface area (Å²) in [6.45, 7) is 3.56. The number of hydrogen-bond acceptors (Lipinski definition) is 6. The van der Waals surface area contributed by atoms with Crippen molar-refractivity contribution in [1.82, 2.24) is 10.6 Å². The van der Waals surface area contributed by atoms with E-state index in [1.807, 2.05) is 31.1 Å². The van der Waals surface area contributed by atoms with Crippen molar-refractivity contribution in [2.24, 2.45) is 0 Å². The van der Waals surface area contributed by atoms with Gasteiger partial charge in [0.1, 0.15) is 5.70 Å². The van der Waals surface area contributed by atoms with Crippen LogP contribution in [0.1, 0.15) is 25.5 Å². The molecule has 0 radical (unpaired) electrons. The van der Waals surface area contributed by atoms with Crippen LogP contribution < -0.4 is 15.5 Å². The maximum Gasteiger partial charge on any atom is 0.355 e. The van der Waals surface area contributed by atoms with E-state index >= 15 is 0 Å². The second kappa shape index (κ2) is 8.37. The van der Waals surface area contributed by atoms with E-state index in [0.717, 1.165) is 5.69 Å². The van der Waals surface area contributed by atoms with E-state index in [-0.39, 0.29) is 24.5 Å². The summed E-state index contributed by atoms with van der Waals surface area (Å²) in [4.78, 5) is 38.7. The van der Waals surface area contributed by atoms with Crippen LogP contribution in [0.2, 0.25) is 0 Å². The SMILES string of the molecule is CCOC(=O)C1=C(C(=O)OCC)C(c2ccc(N(C)C)cc2)NC(=O)N1. The van der Waals surface area contributed by atoms with E-state index in [1.165, 1.54) is 0 Å². The fourth-order valence-corrected chi connectivity index (χ4v) is 2.57. The third-order valence-corrected chi connectivity index (χ3v) is 3.79. The Balaban J connectivity index is 2.52. The Labute approximate surface area is 152 Å². The highest BCUT2D eigenvalue weighted by Crippen LogP contribution is 2.29. The number of nitrogens with one attached hydrogen (secondary N) is 2. The monoisotopic (exact) mass is 361 g/mol. The van der Waals surface area contributed by atoms with Crippen molar-refractivity contribution in [3.63, 3.8) is 0 Å². The molecule has 0 spiro atoms. The van der Waals surface area contributed by atoms with Gasteiger partial charge in [0.05, 0.1) is 24.8 Å². The highest BCUT2D eigenvalue weighted by Gasteiger charge is 2.37. The number of ether oxygens (including phenoxy) is 2. The number of rotatable bonds is 6. The molecule has 2 N–H and O–H groups in total. The van der Waals surface area contributed by atoms with Crippen molar-refractivity contribution in [3.8, 4) is 0 Å². The lowest BCUT2D eigenvalue weighted by Crippen LogP contribution is -2.48. The maximum absolute atomic E-state index is 12.5. The number of amides is 2. The minimum absolute atomic E-state index is 0.0162. The first-order valence-electron chi connectivity index (χ1n) is 8.32. The second-order valence-electron chi connectivity index (χ2n) is 5.75. The standard InChI is InChI=1S/C18H23N3O5/c1-5-25-16(22)13-14(11-7-9-12(10-8-11)21(3)4)19-18(24)20-15(13)17(23)26-6-2/h7-10,14H,5-6H2,1-4H3,(H2,19,20,24). The van der Waals surface area contributed by atoms with E-state index in [2.05, 4.69) is 10.6 Å². The van der Waals surface area contributed by atoms with Gasteiger partial charge >= 0.3 is 18.0 Å². The van der Waals surface area contributed by atoms with Gasteiger partial charge in [-0.25, -0.2) is 14.4 Å². The van der Waals surface area contributed by atoms with Gasteiger partial charge in [0, 0.05) is 19.8 Å². The Hall–Kier alpha value is -3.03. The normalized spacial score (nSPS) is 16.5. The van der Waals surface area contributed by atoms with Crippen LogP contribution in [0.3, 0.4) is 0 Å². The summed E-state index contributed by atoms with van der Waals surface area (Å²) in [6, 6.07) is 5.87. The highest BCUT2D eigenvalue weighted by molar-refractivity contribution is 6.05. The van der Waals surface area contributed by atoms with Crippen molar-refractivity contribution in [2.45, 2.75) is 19.9 Å². The molecule has 1 heterocycles. The quantitative estimate of drug-likeness (QED) is 0.745. The molecule has 1 aliphatic heterocycles. The zero-order chi connectivity index (χ0) is 19.3. The molecule has 0 fully saturated rings. The first-order valence-corrected chi connectivity index (χ1v) is 8.32. The Morgan fingerprint density at radius 1 is 1.04 bits per heavy atom. The summed E-state index contributed by atoms with van der Waals surface area (Å²) in [6.07, 6.45) is 0. The van der Waals surface area contributed by atoms with Crippen LogP contribution in [0, 0.1) is 0 Å². The van der Waals surface area contributed by atoms with E-state index in [4.69, 9.17) is 9.47 Å². The molecule has 0 saturated carbocycles. The molecular formula is C18H23N3O5. The van der Waals surface area contributed by atoms with Gasteiger partial charge in [0.15, 0.2) is 0 Å². The molecule has 26 heavy (non-hydrogen) atoms. The Kier molecular flexibility index (Phi) is 6.21. The molecule has 8 nitrogen and oxygen atoms in total. The van der Waals surface area contributed by atoms with Gasteiger partial charge < -0.3 is 25.0 Å². The highest BCUT2D eigenvalue weighted by atomic mass is 16.5. The average Bonchev–Trinajstić information content (AvgIpc) is 2.61. The Bertz CT molecular complexity index is 725. The maximum atomic E-state index is 12.5. The molecular weight excluding hydrogens is 338 g/mol. The van der Waals surface area contributed by atoms with Crippen LogP contribution in [0.15, 0.2) is 35.5 Å². The van der Waals surface area contributed by atoms with Crippen molar-refractivity contribution < 1.29 is 23.9 Å². The number of esters is 2. The van der Waals surface area contributed by atoms with Gasteiger partial charge in [0.25, 0.3) is 0 Å². The first kappa shape index (κ1) is 19.3. The lowest BCUT2D eigenvalue weighted by Gasteiger charge is -2.28. The van der Waals surface area contributed by atoms with Crippen molar-refractivity contribution in [1.29, 1.82) is 0 Å². The zero-order valence-electron chi connectivity index (χ0n) is 15.3. The largest absolute Gasteiger partial charge is 0.463 e. The lowest BCUT2D eigenvalue weighted by atomic mass is 9.95. The van der Waals surface area contributed by atoms with Crippen molar-refractivity contribution >= 4 is 23.7 Å². The molecule has 1 atom stereocenters. The predicted octanol–water partition coefficient (Wildman–Crippen LogP) is 1.49. The summed E-state index contributed by atoms with van der Waals surface area (Å²) in [5, 5.41) is 5.03. The van der Waals surface area contributed by atoms with Crippen molar-refractivity contribution in [2.75, 3.05) is 32.2 Å². The zero-order valence-corrected chi connectivity index (χ0v) is 15.3. The van der Waals surface area contributed by atoms with Gasteiger partial charge in [-0.05, 0) is 31.5 Å². The van der Waals surface area contributed by atoms with E-state index in [1.54, 1.807) is 26.0 Å². The average molecular weight is 361 g/mol. The summed E-state index contributed by atoms with van der Waals surface area (Å²) in [7, 11) is 3.81. The van der Waals surface area contributed by atoms with Crippen molar-refractivity contribution in [3.05, 3.63) is 41.1 Å². The van der Waals surface area contributed by atoms with Crippen LogP contribution in [-0.4, -0.2) is 45.3 Å². The number of carbonyl (C=O) groups is 3. The Morgan fingerprint density at radius 2 is 1.62 bits per heavy atom. The van der Waals surface area contributed by atoms with Crippen LogP contribution in [0.25, 0.3) is 0 Å². The molecule has 0 saturated heterocycles. The summed E-state index contributed by atoms with van der Waals surface area (Å²) in [5.74, 6) is -1.47. The fourth-order valence-electron chi connectivity index (χ4n) is 2.57. The molecule has 1 aromatic rings. The van der Waals surface area contributed by atoms with Gasteiger partial charge in [-0.1, -0.05) is 12.1 Å². The number of carbonyl (C=O) groups excluding carboxylic acids is 3. The summed E-state index contributed by atoms with van der Waals surface area (Å²) < 4.78 is 10.1. The van der Waals surface area contributed by atoms with Crippen LogP contribution in [0.4, 0.5) is 10.5 Å². The molecule has 140 valence electrons. The number of anilines is 1. The minimum Gasteiger partial charge on any atom is -0.463 e. The molecule has 2 amide bonds. The summed E-state index contributed by atoms with van der Waals surface area (Å²) >= 11 is 0. The molecule has 1 aliphatic rings. The third-order valence-electron chi connectivity index (χ3n) is 3.79. The topological polar surface area (TPSA) is 97.0 Å². The van der Waals surface area contributed by atoms with Crippen LogP contribution in [-0.2, 0) is 19.1 Å². The van der Waals surface area contributed by atoms with E-state index in [0.29, 0.717) is 5.56 Å².